The molecule has 0 bridgehead atoms. The lowest BCUT2D eigenvalue weighted by Gasteiger charge is -2.28. The van der Waals surface area contributed by atoms with E-state index in [9.17, 15) is 0 Å². The van der Waals surface area contributed by atoms with Crippen molar-refractivity contribution in [2.75, 3.05) is 26.7 Å². The van der Waals surface area contributed by atoms with E-state index in [0.717, 1.165) is 31.6 Å². The van der Waals surface area contributed by atoms with Crippen LogP contribution in [-0.2, 0) is 0 Å². The summed E-state index contributed by atoms with van der Waals surface area (Å²) in [4.78, 5) is 2.34. The number of hydrogen-bond acceptors (Lipinski definition) is 2. The minimum atomic E-state index is 0.982. The average Bonchev–Trinajstić information content (AvgIpc) is 2.18. The molecule has 0 saturated heterocycles. The molecule has 0 aliphatic carbocycles. The first kappa shape index (κ1) is 12.1. The largest absolute Gasteiger partial charge is 0.387 e. The van der Waals surface area contributed by atoms with Crippen molar-refractivity contribution in [3.63, 3.8) is 0 Å². The van der Waals surface area contributed by atoms with Crippen LogP contribution in [0.15, 0.2) is 35.6 Å². The Morgan fingerprint density at radius 2 is 2.33 bits per heavy atom. The highest BCUT2D eigenvalue weighted by molar-refractivity contribution is 5.41. The first-order valence-electron chi connectivity index (χ1n) is 5.65. The Morgan fingerprint density at radius 1 is 1.60 bits per heavy atom. The van der Waals surface area contributed by atoms with E-state index in [1.54, 1.807) is 0 Å². The highest BCUT2D eigenvalue weighted by atomic mass is 15.1. The van der Waals surface area contributed by atoms with Gasteiger partial charge in [0.1, 0.15) is 0 Å². The monoisotopic (exact) mass is 206 g/mol. The SMILES string of the molecule is C=C(/C=C\C)C1=C(NCC)CN(C)CC1. The highest BCUT2D eigenvalue weighted by Gasteiger charge is 2.16. The van der Waals surface area contributed by atoms with Crippen molar-refractivity contribution < 1.29 is 0 Å². The van der Waals surface area contributed by atoms with E-state index in [2.05, 4.69) is 42.9 Å². The fourth-order valence-corrected chi connectivity index (χ4v) is 1.93. The van der Waals surface area contributed by atoms with Gasteiger partial charge in [-0.05, 0) is 38.5 Å². The Hall–Kier alpha value is -1.02. The third-order valence-electron chi connectivity index (χ3n) is 2.68. The molecule has 0 amide bonds. The van der Waals surface area contributed by atoms with Gasteiger partial charge >= 0.3 is 0 Å². The normalized spacial score (nSPS) is 18.6. The molecule has 1 aliphatic heterocycles. The molecule has 0 spiro atoms. The second kappa shape index (κ2) is 5.76. The molecular weight excluding hydrogens is 184 g/mol. The lowest BCUT2D eigenvalue weighted by molar-refractivity contribution is 0.340. The van der Waals surface area contributed by atoms with Crippen molar-refractivity contribution in [1.29, 1.82) is 0 Å². The maximum atomic E-state index is 4.12. The summed E-state index contributed by atoms with van der Waals surface area (Å²) < 4.78 is 0. The Labute approximate surface area is 93.4 Å². The molecule has 0 aromatic rings. The molecule has 0 aromatic heterocycles. The van der Waals surface area contributed by atoms with Gasteiger partial charge in [-0.2, -0.15) is 0 Å². The zero-order valence-electron chi connectivity index (χ0n) is 10.1. The summed E-state index contributed by atoms with van der Waals surface area (Å²) >= 11 is 0. The van der Waals surface area contributed by atoms with E-state index in [1.807, 2.05) is 6.92 Å². The Kier molecular flexibility index (Phi) is 4.63. The van der Waals surface area contributed by atoms with Crippen molar-refractivity contribution in [3.8, 4) is 0 Å². The molecule has 1 rings (SSSR count). The van der Waals surface area contributed by atoms with Crippen molar-refractivity contribution in [2.24, 2.45) is 0 Å². The zero-order chi connectivity index (χ0) is 11.3. The highest BCUT2D eigenvalue weighted by Crippen LogP contribution is 2.22. The van der Waals surface area contributed by atoms with Crippen LogP contribution in [0.25, 0.3) is 0 Å². The number of allylic oxidation sites excluding steroid dienone is 3. The number of hydrogen-bond donors (Lipinski definition) is 1. The summed E-state index contributed by atoms with van der Waals surface area (Å²) in [6.45, 7) is 11.4. The molecule has 0 unspecified atom stereocenters. The summed E-state index contributed by atoms with van der Waals surface area (Å²) in [7, 11) is 2.16. The van der Waals surface area contributed by atoms with Crippen molar-refractivity contribution >= 4 is 0 Å². The molecule has 84 valence electrons. The Balaban J connectivity index is 2.87. The fraction of sp³-hybridized carbons (Fsp3) is 0.538. The third kappa shape index (κ3) is 3.24. The second-order valence-corrected chi connectivity index (χ2v) is 4.00. The van der Waals surface area contributed by atoms with E-state index >= 15 is 0 Å². The minimum absolute atomic E-state index is 0.982. The van der Waals surface area contributed by atoms with Crippen molar-refractivity contribution in [2.45, 2.75) is 20.3 Å². The van der Waals surface area contributed by atoms with Crippen LogP contribution in [0.2, 0.25) is 0 Å². The molecule has 1 heterocycles. The fourth-order valence-electron chi connectivity index (χ4n) is 1.93. The lowest BCUT2D eigenvalue weighted by atomic mass is 9.98. The third-order valence-corrected chi connectivity index (χ3v) is 2.68. The lowest BCUT2D eigenvalue weighted by Crippen LogP contribution is -2.34. The van der Waals surface area contributed by atoms with Crippen molar-refractivity contribution in [1.82, 2.24) is 10.2 Å². The summed E-state index contributed by atoms with van der Waals surface area (Å²) in [5.74, 6) is 0. The van der Waals surface area contributed by atoms with Gasteiger partial charge in [0.2, 0.25) is 0 Å². The van der Waals surface area contributed by atoms with Gasteiger partial charge in [-0.15, -0.1) is 0 Å². The van der Waals surface area contributed by atoms with Gasteiger partial charge in [0, 0.05) is 25.3 Å². The van der Waals surface area contributed by atoms with Crippen LogP contribution < -0.4 is 5.32 Å². The van der Waals surface area contributed by atoms with Crippen LogP contribution in [0.4, 0.5) is 0 Å². The van der Waals surface area contributed by atoms with Gasteiger partial charge in [-0.25, -0.2) is 0 Å². The summed E-state index contributed by atoms with van der Waals surface area (Å²) in [6.07, 6.45) is 5.25. The molecule has 0 aromatic carbocycles. The molecule has 0 atom stereocenters. The van der Waals surface area contributed by atoms with Crippen LogP contribution in [0.5, 0.6) is 0 Å². The molecule has 0 fully saturated rings. The Bertz CT molecular complexity index is 287. The van der Waals surface area contributed by atoms with Gasteiger partial charge in [-0.1, -0.05) is 18.7 Å². The smallest absolute Gasteiger partial charge is 0.0381 e. The predicted molar refractivity (Wildman–Crippen MR) is 66.8 cm³/mol. The second-order valence-electron chi connectivity index (χ2n) is 4.00. The van der Waals surface area contributed by atoms with E-state index < -0.39 is 0 Å². The van der Waals surface area contributed by atoms with E-state index in [1.165, 1.54) is 11.3 Å². The van der Waals surface area contributed by atoms with E-state index in [4.69, 9.17) is 0 Å². The summed E-state index contributed by atoms with van der Waals surface area (Å²) in [5, 5.41) is 3.45. The number of nitrogens with zero attached hydrogens (tertiary/aromatic N) is 1. The molecular formula is C13H22N2. The van der Waals surface area contributed by atoms with Crippen LogP contribution in [0.3, 0.4) is 0 Å². The minimum Gasteiger partial charge on any atom is -0.387 e. The number of rotatable bonds is 4. The van der Waals surface area contributed by atoms with Crippen LogP contribution in [-0.4, -0.2) is 31.6 Å². The van der Waals surface area contributed by atoms with Crippen LogP contribution in [0, 0.1) is 0 Å². The predicted octanol–water partition coefficient (Wildman–Crippen LogP) is 2.32. The van der Waals surface area contributed by atoms with E-state index in [0.29, 0.717) is 0 Å². The number of nitrogens with one attached hydrogen (secondary N) is 1. The summed E-state index contributed by atoms with van der Waals surface area (Å²) in [5.41, 5.74) is 3.89. The van der Waals surface area contributed by atoms with Gasteiger partial charge < -0.3 is 10.2 Å². The molecule has 2 nitrogen and oxygen atoms in total. The molecule has 2 heteroatoms. The standard InChI is InChI=1S/C13H22N2/c1-5-7-11(3)12-8-9-15(4)10-13(12)14-6-2/h5,7,14H,3,6,8-10H2,1-2,4H3/b7-5-. The quantitative estimate of drug-likeness (QED) is 0.710. The van der Waals surface area contributed by atoms with Crippen molar-refractivity contribution in [3.05, 3.63) is 35.6 Å². The maximum Gasteiger partial charge on any atom is 0.0381 e. The summed E-state index contributed by atoms with van der Waals surface area (Å²) in [6, 6.07) is 0. The van der Waals surface area contributed by atoms with Gasteiger partial charge in [0.25, 0.3) is 0 Å². The zero-order valence-corrected chi connectivity index (χ0v) is 10.1. The maximum absolute atomic E-state index is 4.12. The average molecular weight is 206 g/mol. The molecule has 0 saturated carbocycles. The van der Waals surface area contributed by atoms with Crippen LogP contribution in [0.1, 0.15) is 20.3 Å². The van der Waals surface area contributed by atoms with Gasteiger partial charge in [-0.3, -0.25) is 0 Å². The molecule has 0 radical (unpaired) electrons. The van der Waals surface area contributed by atoms with Crippen LogP contribution >= 0.6 is 0 Å². The first-order chi connectivity index (χ1) is 7.19. The topological polar surface area (TPSA) is 15.3 Å². The number of likely N-dealkylation sites (N-methyl/N-ethyl adjacent to an activating group) is 2. The van der Waals surface area contributed by atoms with Gasteiger partial charge in [0.05, 0.1) is 0 Å². The Morgan fingerprint density at radius 3 is 2.93 bits per heavy atom. The molecule has 1 aliphatic rings. The first-order valence-corrected chi connectivity index (χ1v) is 5.65. The van der Waals surface area contributed by atoms with E-state index in [-0.39, 0.29) is 0 Å². The molecule has 1 N–H and O–H groups in total. The molecule has 15 heavy (non-hydrogen) atoms. The van der Waals surface area contributed by atoms with Gasteiger partial charge in [0.15, 0.2) is 0 Å².